The van der Waals surface area contributed by atoms with Crippen molar-refractivity contribution in [1.29, 1.82) is 0 Å². The van der Waals surface area contributed by atoms with Crippen LogP contribution in [-0.2, 0) is 19.0 Å². The molecule has 3 rings (SSSR count). The molecule has 2 N–H and O–H groups in total. The minimum absolute atomic E-state index is 0.190. The van der Waals surface area contributed by atoms with Crippen LogP contribution in [0, 0.1) is 0 Å². The van der Waals surface area contributed by atoms with Crippen molar-refractivity contribution in [2.45, 2.75) is 24.8 Å². The van der Waals surface area contributed by atoms with Crippen LogP contribution in [0.15, 0.2) is 41.5 Å². The number of nitrogens with one attached hydrogen (secondary N) is 2. The Balaban J connectivity index is 1.57. The summed E-state index contributed by atoms with van der Waals surface area (Å²) in [6, 6.07) is 10.2. The number of aliphatic imine (C=N–C) groups is 1. The van der Waals surface area contributed by atoms with Crippen molar-refractivity contribution in [1.82, 2.24) is 20.4 Å². The summed E-state index contributed by atoms with van der Waals surface area (Å²) in [5.41, 5.74) is 2.61. The van der Waals surface area contributed by atoms with Crippen LogP contribution in [0.1, 0.15) is 24.1 Å². The fourth-order valence-electron chi connectivity index (χ4n) is 2.76. The third-order valence-corrected chi connectivity index (χ3v) is 4.70. The van der Waals surface area contributed by atoms with Crippen molar-refractivity contribution in [3.63, 3.8) is 0 Å². The Hall–Kier alpha value is -2.01. The van der Waals surface area contributed by atoms with Crippen molar-refractivity contribution < 1.29 is 0 Å². The van der Waals surface area contributed by atoms with Crippen LogP contribution < -0.4 is 10.6 Å². The van der Waals surface area contributed by atoms with Gasteiger partial charge in [-0.3, -0.25) is 9.67 Å². The van der Waals surface area contributed by atoms with E-state index in [-0.39, 0.29) is 5.41 Å². The molecule has 0 amide bonds. The molecule has 2 aromatic rings. The van der Waals surface area contributed by atoms with Crippen molar-refractivity contribution >= 4 is 17.6 Å². The molecule has 0 bridgehead atoms. The van der Waals surface area contributed by atoms with Gasteiger partial charge in [-0.25, -0.2) is 0 Å². The van der Waals surface area contributed by atoms with Crippen molar-refractivity contribution in [2.75, 3.05) is 13.6 Å². The monoisotopic (exact) mass is 331 g/mol. The van der Waals surface area contributed by atoms with Crippen LogP contribution in [0.2, 0.25) is 5.02 Å². The van der Waals surface area contributed by atoms with Gasteiger partial charge in [-0.1, -0.05) is 23.7 Å². The quantitative estimate of drug-likeness (QED) is 0.653. The van der Waals surface area contributed by atoms with Crippen LogP contribution in [-0.4, -0.2) is 29.3 Å². The lowest BCUT2D eigenvalue weighted by Crippen LogP contribution is -2.41. The molecule has 6 heteroatoms. The molecule has 5 nitrogen and oxygen atoms in total. The number of halogens is 1. The molecule has 1 aliphatic rings. The second-order valence-electron chi connectivity index (χ2n) is 6.02. The predicted molar refractivity (Wildman–Crippen MR) is 93.8 cm³/mol. The summed E-state index contributed by atoms with van der Waals surface area (Å²) >= 11 is 6.13. The molecule has 1 aromatic carbocycles. The van der Waals surface area contributed by atoms with E-state index in [1.165, 1.54) is 18.4 Å². The minimum atomic E-state index is 0.190. The molecule has 1 saturated carbocycles. The van der Waals surface area contributed by atoms with Gasteiger partial charge < -0.3 is 10.6 Å². The number of hydrogen-bond acceptors (Lipinski definition) is 2. The van der Waals surface area contributed by atoms with E-state index >= 15 is 0 Å². The topological polar surface area (TPSA) is 54.2 Å². The average Bonchev–Trinajstić information content (AvgIpc) is 3.24. The molecule has 1 fully saturated rings. The minimum Gasteiger partial charge on any atom is -0.356 e. The number of nitrogens with zero attached hydrogens (tertiary/aromatic N) is 3. The molecular formula is C17H22ClN5. The smallest absolute Gasteiger partial charge is 0.191 e. The standard InChI is InChI=1S/C17H22ClN5/c1-19-16(20-11-15-6-9-22-23(15)2)21-12-17(7-8-17)13-4-3-5-14(18)10-13/h3-6,9-10H,7-8,11-12H2,1-2H3,(H2,19,20,21). The molecule has 0 radical (unpaired) electrons. The largest absolute Gasteiger partial charge is 0.356 e. The fourth-order valence-corrected chi connectivity index (χ4v) is 2.95. The molecule has 0 aliphatic heterocycles. The Bertz CT molecular complexity index is 703. The molecule has 0 atom stereocenters. The molecule has 122 valence electrons. The maximum Gasteiger partial charge on any atom is 0.191 e. The maximum atomic E-state index is 6.13. The first-order chi connectivity index (χ1) is 11.1. The summed E-state index contributed by atoms with van der Waals surface area (Å²) in [5.74, 6) is 0.805. The van der Waals surface area contributed by atoms with E-state index in [1.54, 1.807) is 13.2 Å². The van der Waals surface area contributed by atoms with Gasteiger partial charge in [0.25, 0.3) is 0 Å². The summed E-state index contributed by atoms with van der Waals surface area (Å²) in [5, 5.41) is 11.7. The Kier molecular flexibility index (Phi) is 4.57. The van der Waals surface area contributed by atoms with Crippen LogP contribution in [0.3, 0.4) is 0 Å². The number of benzene rings is 1. The molecule has 23 heavy (non-hydrogen) atoms. The number of guanidine groups is 1. The highest BCUT2D eigenvalue weighted by Crippen LogP contribution is 2.48. The first kappa shape index (κ1) is 15.9. The Morgan fingerprint density at radius 3 is 2.78 bits per heavy atom. The highest BCUT2D eigenvalue weighted by atomic mass is 35.5. The average molecular weight is 332 g/mol. The van der Waals surface area contributed by atoms with Crippen molar-refractivity contribution in [3.8, 4) is 0 Å². The highest BCUT2D eigenvalue weighted by molar-refractivity contribution is 6.30. The maximum absolute atomic E-state index is 6.13. The van der Waals surface area contributed by atoms with Gasteiger partial charge in [0.1, 0.15) is 0 Å². The molecule has 0 saturated heterocycles. The van der Waals surface area contributed by atoms with Gasteiger partial charge in [0.2, 0.25) is 0 Å². The second-order valence-corrected chi connectivity index (χ2v) is 6.45. The zero-order valence-electron chi connectivity index (χ0n) is 13.5. The Morgan fingerprint density at radius 1 is 1.35 bits per heavy atom. The van der Waals surface area contributed by atoms with E-state index in [4.69, 9.17) is 11.6 Å². The zero-order valence-corrected chi connectivity index (χ0v) is 14.3. The third kappa shape index (κ3) is 3.67. The van der Waals surface area contributed by atoms with Gasteiger partial charge in [0.15, 0.2) is 5.96 Å². The summed E-state index contributed by atoms with van der Waals surface area (Å²) in [4.78, 5) is 4.30. The number of hydrogen-bond donors (Lipinski definition) is 2. The van der Waals surface area contributed by atoms with Gasteiger partial charge in [0, 0.05) is 37.3 Å². The number of rotatable bonds is 5. The number of aromatic nitrogens is 2. The van der Waals surface area contributed by atoms with Crippen LogP contribution >= 0.6 is 11.6 Å². The predicted octanol–water partition coefficient (Wildman–Crippen LogP) is 2.47. The van der Waals surface area contributed by atoms with E-state index in [2.05, 4.69) is 32.9 Å². The second kappa shape index (κ2) is 6.62. The van der Waals surface area contributed by atoms with E-state index in [0.717, 1.165) is 23.2 Å². The SMILES string of the molecule is CN=C(NCc1ccnn1C)NCC1(c2cccc(Cl)c2)CC1. The van der Waals surface area contributed by atoms with E-state index in [0.29, 0.717) is 6.54 Å². The summed E-state index contributed by atoms with van der Waals surface area (Å²) in [7, 11) is 3.73. The highest BCUT2D eigenvalue weighted by Gasteiger charge is 2.44. The first-order valence-electron chi connectivity index (χ1n) is 7.80. The molecular weight excluding hydrogens is 310 g/mol. The molecule has 0 unspecified atom stereocenters. The van der Waals surface area contributed by atoms with Crippen LogP contribution in [0.25, 0.3) is 0 Å². The lowest BCUT2D eigenvalue weighted by atomic mass is 9.96. The normalized spacial score (nSPS) is 16.2. The summed E-state index contributed by atoms with van der Waals surface area (Å²) in [6.45, 7) is 1.55. The summed E-state index contributed by atoms with van der Waals surface area (Å²) in [6.07, 6.45) is 4.16. The van der Waals surface area contributed by atoms with Gasteiger partial charge in [0.05, 0.1) is 12.2 Å². The van der Waals surface area contributed by atoms with Crippen molar-refractivity contribution in [3.05, 3.63) is 52.8 Å². The summed E-state index contributed by atoms with van der Waals surface area (Å²) < 4.78 is 1.86. The zero-order chi connectivity index (χ0) is 16.3. The van der Waals surface area contributed by atoms with Gasteiger partial charge in [-0.15, -0.1) is 0 Å². The van der Waals surface area contributed by atoms with E-state index < -0.39 is 0 Å². The molecule has 1 heterocycles. The number of aryl methyl sites for hydroxylation is 1. The Morgan fingerprint density at radius 2 is 2.17 bits per heavy atom. The van der Waals surface area contributed by atoms with Crippen molar-refractivity contribution in [2.24, 2.45) is 12.0 Å². The van der Waals surface area contributed by atoms with Gasteiger partial charge in [-0.05, 0) is 36.6 Å². The lowest BCUT2D eigenvalue weighted by Gasteiger charge is -2.19. The molecule has 0 spiro atoms. The van der Waals surface area contributed by atoms with E-state index in [1.807, 2.05) is 29.9 Å². The van der Waals surface area contributed by atoms with Crippen LogP contribution in [0.5, 0.6) is 0 Å². The molecule has 1 aromatic heterocycles. The third-order valence-electron chi connectivity index (χ3n) is 4.47. The van der Waals surface area contributed by atoms with Gasteiger partial charge >= 0.3 is 0 Å². The Labute approximate surface area is 141 Å². The molecule has 1 aliphatic carbocycles. The first-order valence-corrected chi connectivity index (χ1v) is 8.18. The van der Waals surface area contributed by atoms with E-state index in [9.17, 15) is 0 Å². The van der Waals surface area contributed by atoms with Gasteiger partial charge in [-0.2, -0.15) is 5.10 Å². The van der Waals surface area contributed by atoms with Crippen LogP contribution in [0.4, 0.5) is 0 Å². The fraction of sp³-hybridized carbons (Fsp3) is 0.412. The lowest BCUT2D eigenvalue weighted by molar-refractivity contribution is 0.637.